The fourth-order valence-corrected chi connectivity index (χ4v) is 1.52. The predicted molar refractivity (Wildman–Crippen MR) is 62.7 cm³/mol. The summed E-state index contributed by atoms with van der Waals surface area (Å²) in [4.78, 5) is 14.2. The van der Waals surface area contributed by atoms with Gasteiger partial charge in [0.15, 0.2) is 5.69 Å². The molecule has 2 rings (SSSR count). The number of nitrogens with zero attached hydrogens (tertiary/aromatic N) is 1. The molecule has 0 bridgehead atoms. The number of para-hydroxylation sites is 1. The van der Waals surface area contributed by atoms with Gasteiger partial charge < -0.3 is 14.3 Å². The molecule has 0 aliphatic carbocycles. The summed E-state index contributed by atoms with van der Waals surface area (Å²) in [6.45, 7) is 0. The molecule has 0 amide bonds. The van der Waals surface area contributed by atoms with E-state index in [0.29, 0.717) is 5.75 Å². The zero-order chi connectivity index (χ0) is 11.5. The SMILES string of the molecule is O=C(O)c1coc(Oc2ccccc2I)n1. The zero-order valence-corrected chi connectivity index (χ0v) is 10.0. The van der Waals surface area contributed by atoms with Gasteiger partial charge in [-0.3, -0.25) is 0 Å². The summed E-state index contributed by atoms with van der Waals surface area (Å²) in [6, 6.07) is 7.27. The van der Waals surface area contributed by atoms with Crippen molar-refractivity contribution in [2.75, 3.05) is 0 Å². The van der Waals surface area contributed by atoms with Gasteiger partial charge in [0.05, 0.1) is 3.57 Å². The van der Waals surface area contributed by atoms with E-state index in [4.69, 9.17) is 14.3 Å². The lowest BCUT2D eigenvalue weighted by atomic mass is 10.3. The van der Waals surface area contributed by atoms with Crippen LogP contribution in [-0.2, 0) is 0 Å². The van der Waals surface area contributed by atoms with E-state index in [1.54, 1.807) is 12.1 Å². The number of carboxylic acids is 1. The van der Waals surface area contributed by atoms with Crippen LogP contribution in [0.15, 0.2) is 34.9 Å². The van der Waals surface area contributed by atoms with Crippen molar-refractivity contribution in [3.05, 3.63) is 39.8 Å². The van der Waals surface area contributed by atoms with Gasteiger partial charge >= 0.3 is 12.0 Å². The summed E-state index contributed by atoms with van der Waals surface area (Å²) < 4.78 is 11.0. The van der Waals surface area contributed by atoms with E-state index < -0.39 is 5.97 Å². The van der Waals surface area contributed by atoms with Crippen LogP contribution >= 0.6 is 22.6 Å². The first-order valence-corrected chi connectivity index (χ1v) is 5.36. The number of carboxylic acid groups (broad SMARTS) is 1. The minimum atomic E-state index is -1.15. The second kappa shape index (κ2) is 4.52. The highest BCUT2D eigenvalue weighted by Gasteiger charge is 2.12. The molecule has 5 nitrogen and oxygen atoms in total. The van der Waals surface area contributed by atoms with Crippen molar-refractivity contribution < 1.29 is 19.1 Å². The highest BCUT2D eigenvalue weighted by atomic mass is 127. The first kappa shape index (κ1) is 10.9. The van der Waals surface area contributed by atoms with E-state index in [1.807, 2.05) is 12.1 Å². The third-order valence-electron chi connectivity index (χ3n) is 1.74. The minimum absolute atomic E-state index is 0.0819. The molecule has 0 atom stereocenters. The molecule has 0 aliphatic heterocycles. The van der Waals surface area contributed by atoms with Gasteiger partial charge in [-0.15, -0.1) is 0 Å². The smallest absolute Gasteiger partial charge is 0.399 e. The van der Waals surface area contributed by atoms with Crippen LogP contribution in [-0.4, -0.2) is 16.1 Å². The number of ether oxygens (including phenoxy) is 1. The fraction of sp³-hybridized carbons (Fsp3) is 0. The number of halogens is 1. The van der Waals surface area contributed by atoms with Crippen molar-refractivity contribution in [1.82, 2.24) is 4.98 Å². The number of hydrogen-bond acceptors (Lipinski definition) is 4. The number of hydrogen-bond donors (Lipinski definition) is 1. The molecule has 0 radical (unpaired) electrons. The van der Waals surface area contributed by atoms with Gasteiger partial charge in [0.25, 0.3) is 0 Å². The van der Waals surface area contributed by atoms with E-state index in [2.05, 4.69) is 27.6 Å². The van der Waals surface area contributed by atoms with Gasteiger partial charge in [-0.05, 0) is 34.7 Å². The average Bonchev–Trinajstić information content (AvgIpc) is 2.70. The molecule has 2 aromatic rings. The highest BCUT2D eigenvalue weighted by Crippen LogP contribution is 2.25. The minimum Gasteiger partial charge on any atom is -0.476 e. The molecule has 0 aliphatic rings. The summed E-state index contributed by atoms with van der Waals surface area (Å²) in [7, 11) is 0. The van der Waals surface area contributed by atoms with Crippen molar-refractivity contribution in [3.63, 3.8) is 0 Å². The van der Waals surface area contributed by atoms with Crippen LogP contribution in [0.2, 0.25) is 0 Å². The zero-order valence-electron chi connectivity index (χ0n) is 7.88. The number of benzene rings is 1. The molecular formula is C10H6INO4. The number of aromatic nitrogens is 1. The predicted octanol–water partition coefficient (Wildman–Crippen LogP) is 2.77. The molecule has 1 heterocycles. The molecule has 0 saturated carbocycles. The Morgan fingerprint density at radius 3 is 2.81 bits per heavy atom. The molecular weight excluding hydrogens is 325 g/mol. The molecule has 82 valence electrons. The van der Waals surface area contributed by atoms with Gasteiger partial charge in [-0.1, -0.05) is 12.1 Å². The Labute approximate surface area is 104 Å². The Bertz CT molecular complexity index is 523. The van der Waals surface area contributed by atoms with E-state index in [-0.39, 0.29) is 11.8 Å². The van der Waals surface area contributed by atoms with Crippen molar-refractivity contribution in [1.29, 1.82) is 0 Å². The van der Waals surface area contributed by atoms with Gasteiger partial charge in [-0.2, -0.15) is 4.98 Å². The highest BCUT2D eigenvalue weighted by molar-refractivity contribution is 14.1. The molecule has 1 aromatic heterocycles. The first-order chi connectivity index (χ1) is 7.66. The van der Waals surface area contributed by atoms with Crippen molar-refractivity contribution in [2.45, 2.75) is 0 Å². The quantitative estimate of drug-likeness (QED) is 0.876. The van der Waals surface area contributed by atoms with Crippen LogP contribution in [0.4, 0.5) is 0 Å². The Balaban J connectivity index is 2.21. The average molecular weight is 331 g/mol. The lowest BCUT2D eigenvalue weighted by Crippen LogP contribution is -1.96. The van der Waals surface area contributed by atoms with E-state index in [1.165, 1.54) is 0 Å². The summed E-state index contributed by atoms with van der Waals surface area (Å²) in [6.07, 6.45) is 0.953. The van der Waals surface area contributed by atoms with Crippen LogP contribution in [0.3, 0.4) is 0 Å². The van der Waals surface area contributed by atoms with Gasteiger partial charge in [0.2, 0.25) is 0 Å². The van der Waals surface area contributed by atoms with Crippen LogP contribution in [0.1, 0.15) is 10.5 Å². The third-order valence-corrected chi connectivity index (χ3v) is 2.63. The summed E-state index contributed by atoms with van der Waals surface area (Å²) in [5.41, 5.74) is -0.180. The second-order valence-electron chi connectivity index (χ2n) is 2.84. The van der Waals surface area contributed by atoms with Crippen molar-refractivity contribution >= 4 is 28.6 Å². The third kappa shape index (κ3) is 2.32. The summed E-state index contributed by atoms with van der Waals surface area (Å²) >= 11 is 2.10. The van der Waals surface area contributed by atoms with E-state index >= 15 is 0 Å². The summed E-state index contributed by atoms with van der Waals surface area (Å²) in [5, 5.41) is 8.64. The lowest BCUT2D eigenvalue weighted by Gasteiger charge is -2.01. The Hall–Kier alpha value is -1.57. The Morgan fingerprint density at radius 1 is 1.44 bits per heavy atom. The molecule has 1 N–H and O–H groups in total. The number of rotatable bonds is 3. The molecule has 6 heteroatoms. The number of carbonyl (C=O) groups is 1. The topological polar surface area (TPSA) is 72.6 Å². The molecule has 0 saturated heterocycles. The van der Waals surface area contributed by atoms with Gasteiger partial charge in [-0.25, -0.2) is 4.79 Å². The number of oxazole rings is 1. The molecule has 16 heavy (non-hydrogen) atoms. The van der Waals surface area contributed by atoms with Crippen molar-refractivity contribution in [3.8, 4) is 11.8 Å². The maximum absolute atomic E-state index is 10.6. The van der Waals surface area contributed by atoms with Crippen LogP contribution in [0.5, 0.6) is 11.8 Å². The normalized spacial score (nSPS) is 10.1. The van der Waals surface area contributed by atoms with Crippen LogP contribution in [0, 0.1) is 3.57 Å². The lowest BCUT2D eigenvalue weighted by molar-refractivity contribution is 0.0690. The van der Waals surface area contributed by atoms with E-state index in [0.717, 1.165) is 9.83 Å². The Morgan fingerprint density at radius 2 is 2.19 bits per heavy atom. The van der Waals surface area contributed by atoms with Crippen LogP contribution in [0.25, 0.3) is 0 Å². The molecule has 0 unspecified atom stereocenters. The standard InChI is InChI=1S/C10H6INO4/c11-6-3-1-2-4-8(6)16-10-12-7(5-15-10)9(13)14/h1-5H,(H,13,14). The maximum Gasteiger partial charge on any atom is 0.399 e. The second-order valence-corrected chi connectivity index (χ2v) is 4.00. The monoisotopic (exact) mass is 331 g/mol. The van der Waals surface area contributed by atoms with Gasteiger partial charge in [0, 0.05) is 0 Å². The van der Waals surface area contributed by atoms with E-state index in [9.17, 15) is 4.79 Å². The maximum atomic E-state index is 10.6. The van der Waals surface area contributed by atoms with Crippen LogP contribution < -0.4 is 4.74 Å². The van der Waals surface area contributed by atoms with Gasteiger partial charge in [0.1, 0.15) is 12.0 Å². The molecule has 0 spiro atoms. The summed E-state index contributed by atoms with van der Waals surface area (Å²) in [5.74, 6) is -0.580. The largest absolute Gasteiger partial charge is 0.476 e. The number of aromatic carboxylic acids is 1. The van der Waals surface area contributed by atoms with Crippen molar-refractivity contribution in [2.24, 2.45) is 0 Å². The molecule has 1 aromatic carbocycles. The fourth-order valence-electron chi connectivity index (χ4n) is 1.02. The molecule has 0 fully saturated rings. The Kier molecular flexibility index (Phi) is 3.09. The first-order valence-electron chi connectivity index (χ1n) is 4.28.